The maximum absolute atomic E-state index is 12.8. The van der Waals surface area contributed by atoms with E-state index < -0.39 is 11.5 Å². The molecule has 4 aromatic rings. The Morgan fingerprint density at radius 2 is 1.92 bits per heavy atom. The molecule has 1 aromatic carbocycles. The summed E-state index contributed by atoms with van der Waals surface area (Å²) in [5.41, 5.74) is 2.21. The molecular formula is C26H21ClN4O5. The summed E-state index contributed by atoms with van der Waals surface area (Å²) in [7, 11) is 1.44. The Morgan fingerprint density at radius 1 is 1.11 bits per heavy atom. The van der Waals surface area contributed by atoms with Gasteiger partial charge in [-0.25, -0.2) is 9.78 Å². The van der Waals surface area contributed by atoms with Gasteiger partial charge >= 0.3 is 5.97 Å². The number of carbonyl (C=O) groups excluding carboxylic acids is 2. The number of nitriles is 1. The van der Waals surface area contributed by atoms with Crippen LogP contribution >= 0.6 is 11.6 Å². The minimum atomic E-state index is -0.518. The van der Waals surface area contributed by atoms with Crippen LogP contribution in [0.2, 0.25) is 5.02 Å². The van der Waals surface area contributed by atoms with Crippen LogP contribution in [0.15, 0.2) is 59.8 Å². The normalized spacial score (nSPS) is 10.7. The first-order valence-electron chi connectivity index (χ1n) is 11.0. The van der Waals surface area contributed by atoms with Gasteiger partial charge in [0.05, 0.1) is 38.1 Å². The van der Waals surface area contributed by atoms with Crippen LogP contribution in [-0.2, 0) is 22.5 Å². The molecule has 36 heavy (non-hydrogen) atoms. The number of hydrogen-bond donors (Lipinski definition) is 0. The first-order chi connectivity index (χ1) is 17.3. The van der Waals surface area contributed by atoms with Gasteiger partial charge in [0.1, 0.15) is 11.4 Å². The minimum absolute atomic E-state index is 0.0617. The average Bonchev–Trinajstić information content (AvgIpc) is 3.29. The molecule has 0 saturated heterocycles. The summed E-state index contributed by atoms with van der Waals surface area (Å²) >= 11 is 6.10. The lowest BCUT2D eigenvalue weighted by molar-refractivity contribution is -0.119. The number of hydrogen-bond acceptors (Lipinski definition) is 7. The smallest absolute Gasteiger partial charge is 0.358 e. The summed E-state index contributed by atoms with van der Waals surface area (Å²) in [6.45, 7) is 1.79. The lowest BCUT2D eigenvalue weighted by Crippen LogP contribution is -2.24. The number of methoxy groups -OCH3 is 1. The highest BCUT2D eigenvalue weighted by molar-refractivity contribution is 6.31. The summed E-state index contributed by atoms with van der Waals surface area (Å²) in [6.07, 6.45) is 4.76. The standard InChI is InChI=1S/C26H21ClN4O5/c1-3-36-26(34)22-14-30-12-16(4-7-24(30)29-22)8-19(32)13-31-15-23(35-2)21(10-25(31)33)20-9-18(27)6-5-17(20)11-28/h4-7,9-10,12,14-15H,3,8,13H2,1-2H3. The van der Waals surface area contributed by atoms with Crippen molar-refractivity contribution in [1.82, 2.24) is 14.0 Å². The Bertz CT molecular complexity index is 1580. The van der Waals surface area contributed by atoms with Crippen molar-refractivity contribution in [3.05, 3.63) is 87.2 Å². The zero-order valence-corrected chi connectivity index (χ0v) is 20.3. The van der Waals surface area contributed by atoms with Crippen molar-refractivity contribution in [3.8, 4) is 22.9 Å². The summed E-state index contributed by atoms with van der Waals surface area (Å²) in [5, 5.41) is 9.86. The molecule has 0 unspecified atom stereocenters. The Morgan fingerprint density at radius 3 is 2.64 bits per heavy atom. The van der Waals surface area contributed by atoms with E-state index in [1.807, 2.05) is 0 Å². The van der Waals surface area contributed by atoms with Crippen LogP contribution in [0.5, 0.6) is 5.75 Å². The Hall–Kier alpha value is -4.42. The van der Waals surface area contributed by atoms with Gasteiger partial charge in [-0.1, -0.05) is 17.7 Å². The van der Waals surface area contributed by atoms with E-state index in [1.54, 1.807) is 54.0 Å². The number of rotatable bonds is 8. The third kappa shape index (κ3) is 5.14. The average molecular weight is 505 g/mol. The van der Waals surface area contributed by atoms with Crippen LogP contribution in [-0.4, -0.2) is 39.4 Å². The molecule has 182 valence electrons. The lowest BCUT2D eigenvalue weighted by atomic mass is 10.0. The van der Waals surface area contributed by atoms with E-state index in [2.05, 4.69) is 11.1 Å². The molecule has 0 N–H and O–H groups in total. The van der Waals surface area contributed by atoms with Crippen molar-refractivity contribution in [2.45, 2.75) is 19.9 Å². The number of Topliss-reactive ketones (excluding diaryl/α,β-unsaturated/α-hetero) is 1. The number of nitrogens with zero attached hydrogens (tertiary/aromatic N) is 4. The van der Waals surface area contributed by atoms with Gasteiger partial charge in [0.25, 0.3) is 5.56 Å². The molecule has 0 saturated carbocycles. The van der Waals surface area contributed by atoms with E-state index in [1.165, 1.54) is 23.9 Å². The van der Waals surface area contributed by atoms with Gasteiger partial charge < -0.3 is 18.4 Å². The molecule has 0 bridgehead atoms. The monoisotopic (exact) mass is 504 g/mol. The third-order valence-corrected chi connectivity index (χ3v) is 5.68. The molecule has 3 heterocycles. The van der Waals surface area contributed by atoms with Crippen molar-refractivity contribution < 1.29 is 19.1 Å². The van der Waals surface area contributed by atoms with Gasteiger partial charge in [-0.2, -0.15) is 5.26 Å². The first-order valence-corrected chi connectivity index (χ1v) is 11.4. The second kappa shape index (κ2) is 10.5. The quantitative estimate of drug-likeness (QED) is 0.336. The number of pyridine rings is 2. The maximum Gasteiger partial charge on any atom is 0.358 e. The number of imidazole rings is 1. The molecule has 0 atom stereocenters. The predicted molar refractivity (Wildman–Crippen MR) is 132 cm³/mol. The molecule has 3 aromatic heterocycles. The van der Waals surface area contributed by atoms with Gasteiger partial charge in [-0.05, 0) is 36.8 Å². The molecule has 0 radical (unpaired) electrons. The SMILES string of the molecule is CCOC(=O)c1cn2cc(CC(=O)Cn3cc(OC)c(-c4cc(Cl)ccc4C#N)cc3=O)ccc2n1. The maximum atomic E-state index is 12.8. The van der Waals surface area contributed by atoms with Crippen LogP contribution < -0.4 is 10.3 Å². The number of fused-ring (bicyclic) bond motifs is 1. The molecule has 0 aliphatic carbocycles. The molecule has 4 rings (SSSR count). The van der Waals surface area contributed by atoms with E-state index >= 15 is 0 Å². The number of benzene rings is 1. The summed E-state index contributed by atoms with van der Waals surface area (Å²) in [4.78, 5) is 41.8. The molecule has 0 amide bonds. The molecule has 0 fully saturated rings. The molecule has 0 aliphatic rings. The fourth-order valence-electron chi connectivity index (χ4n) is 3.81. The lowest BCUT2D eigenvalue weighted by Gasteiger charge is -2.13. The Balaban J connectivity index is 1.56. The highest BCUT2D eigenvalue weighted by atomic mass is 35.5. The number of carbonyl (C=O) groups is 2. The molecule has 0 aliphatic heterocycles. The van der Waals surface area contributed by atoms with Crippen molar-refractivity contribution in [3.63, 3.8) is 0 Å². The highest BCUT2D eigenvalue weighted by Gasteiger charge is 2.16. The highest BCUT2D eigenvalue weighted by Crippen LogP contribution is 2.32. The number of ketones is 1. The molecule has 10 heteroatoms. The number of halogens is 1. The third-order valence-electron chi connectivity index (χ3n) is 5.45. The van der Waals surface area contributed by atoms with E-state index in [4.69, 9.17) is 21.1 Å². The summed E-state index contributed by atoms with van der Waals surface area (Å²) < 4.78 is 13.3. The van der Waals surface area contributed by atoms with Crippen molar-refractivity contribution in [2.75, 3.05) is 13.7 Å². The summed E-state index contributed by atoms with van der Waals surface area (Å²) in [6, 6.07) is 11.6. The number of ether oxygens (including phenoxy) is 2. The van der Waals surface area contributed by atoms with Crippen LogP contribution in [0.1, 0.15) is 28.5 Å². The van der Waals surface area contributed by atoms with E-state index in [0.29, 0.717) is 38.7 Å². The van der Waals surface area contributed by atoms with Gasteiger partial charge in [-0.15, -0.1) is 0 Å². The number of esters is 1. The van der Waals surface area contributed by atoms with Crippen LogP contribution in [0.3, 0.4) is 0 Å². The Kier molecular flexibility index (Phi) is 7.17. The Labute approximate surface area is 211 Å². The predicted octanol–water partition coefficient (Wildman–Crippen LogP) is 3.69. The summed E-state index contributed by atoms with van der Waals surface area (Å²) in [5.74, 6) is -0.403. The molecule has 0 spiro atoms. The van der Waals surface area contributed by atoms with Crippen molar-refractivity contribution in [1.29, 1.82) is 5.26 Å². The van der Waals surface area contributed by atoms with Crippen LogP contribution in [0.25, 0.3) is 16.8 Å². The molecular weight excluding hydrogens is 484 g/mol. The minimum Gasteiger partial charge on any atom is -0.495 e. The first kappa shape index (κ1) is 24.7. The van der Waals surface area contributed by atoms with E-state index in [0.717, 1.165) is 0 Å². The molecule has 9 nitrogen and oxygen atoms in total. The van der Waals surface area contributed by atoms with E-state index in [-0.39, 0.29) is 31.0 Å². The van der Waals surface area contributed by atoms with Gasteiger partial charge in [0.2, 0.25) is 0 Å². The fourth-order valence-corrected chi connectivity index (χ4v) is 3.98. The zero-order valence-electron chi connectivity index (χ0n) is 19.5. The fraction of sp³-hybridized carbons (Fsp3) is 0.192. The van der Waals surface area contributed by atoms with E-state index in [9.17, 15) is 19.6 Å². The van der Waals surface area contributed by atoms with Crippen molar-refractivity contribution in [2.24, 2.45) is 0 Å². The second-order valence-corrected chi connectivity index (χ2v) is 8.32. The van der Waals surface area contributed by atoms with Crippen LogP contribution in [0.4, 0.5) is 0 Å². The van der Waals surface area contributed by atoms with Gasteiger partial charge in [0.15, 0.2) is 11.5 Å². The van der Waals surface area contributed by atoms with Gasteiger partial charge in [0, 0.05) is 41.0 Å². The van der Waals surface area contributed by atoms with Crippen molar-refractivity contribution >= 4 is 29.0 Å². The topological polar surface area (TPSA) is 116 Å². The van der Waals surface area contributed by atoms with Gasteiger partial charge in [-0.3, -0.25) is 9.59 Å². The zero-order chi connectivity index (χ0) is 25.8. The largest absolute Gasteiger partial charge is 0.495 e. The van der Waals surface area contributed by atoms with Crippen LogP contribution in [0, 0.1) is 11.3 Å². The number of aromatic nitrogens is 3. The second-order valence-electron chi connectivity index (χ2n) is 7.89.